The van der Waals surface area contributed by atoms with Crippen molar-refractivity contribution in [1.82, 2.24) is 5.32 Å². The molecule has 6 nitrogen and oxygen atoms in total. The van der Waals surface area contributed by atoms with Gasteiger partial charge < -0.3 is 16.0 Å². The van der Waals surface area contributed by atoms with E-state index >= 15 is 0 Å². The molecule has 4 amide bonds. The standard InChI is InChI=1S/C24H24ClFN4O2/c1-17-5-2-7-20(15-17)29-24(32)30(22-11-9-19(26)10-12-22)14-4-13-27-23(31)28-21-8-3-6-18(25)16-21/h2-3,5-12,15-16H,4,13-14H2,1H3,(H,29,32)(H2,27,28,31). The lowest BCUT2D eigenvalue weighted by molar-refractivity contribution is 0.252. The van der Waals surface area contributed by atoms with Gasteiger partial charge in [0.1, 0.15) is 5.82 Å². The first-order chi connectivity index (χ1) is 15.4. The number of carbonyl (C=O) groups excluding carboxylic acids is 2. The fourth-order valence-electron chi connectivity index (χ4n) is 3.06. The van der Waals surface area contributed by atoms with E-state index in [0.29, 0.717) is 41.6 Å². The zero-order valence-corrected chi connectivity index (χ0v) is 18.3. The van der Waals surface area contributed by atoms with Crippen molar-refractivity contribution in [3.05, 3.63) is 89.2 Å². The zero-order valence-electron chi connectivity index (χ0n) is 17.6. The van der Waals surface area contributed by atoms with Crippen molar-refractivity contribution >= 4 is 40.7 Å². The molecule has 0 radical (unpaired) electrons. The smallest absolute Gasteiger partial charge is 0.326 e. The molecule has 166 valence electrons. The molecule has 3 rings (SSSR count). The zero-order chi connectivity index (χ0) is 22.9. The molecule has 0 saturated heterocycles. The SMILES string of the molecule is Cc1cccc(NC(=O)N(CCCNC(=O)Nc2cccc(Cl)c2)c2ccc(F)cc2)c1. The topological polar surface area (TPSA) is 73.5 Å². The second-order valence-electron chi connectivity index (χ2n) is 7.17. The van der Waals surface area contributed by atoms with Gasteiger partial charge in [0.15, 0.2) is 0 Å². The first-order valence-electron chi connectivity index (χ1n) is 10.1. The van der Waals surface area contributed by atoms with E-state index in [4.69, 9.17) is 11.6 Å². The molecule has 0 spiro atoms. The number of urea groups is 2. The van der Waals surface area contributed by atoms with Gasteiger partial charge in [-0.15, -0.1) is 0 Å². The third kappa shape index (κ3) is 6.99. The summed E-state index contributed by atoms with van der Waals surface area (Å²) >= 11 is 5.92. The van der Waals surface area contributed by atoms with E-state index in [2.05, 4.69) is 16.0 Å². The Balaban J connectivity index is 1.58. The van der Waals surface area contributed by atoms with Gasteiger partial charge in [0.2, 0.25) is 0 Å². The normalized spacial score (nSPS) is 10.3. The summed E-state index contributed by atoms with van der Waals surface area (Å²) in [7, 11) is 0. The number of benzene rings is 3. The summed E-state index contributed by atoms with van der Waals surface area (Å²) in [5.74, 6) is -0.382. The summed E-state index contributed by atoms with van der Waals surface area (Å²) in [6, 6.07) is 19.3. The van der Waals surface area contributed by atoms with Gasteiger partial charge in [0.05, 0.1) is 0 Å². The lowest BCUT2D eigenvalue weighted by Gasteiger charge is -2.23. The number of hydrogen-bond acceptors (Lipinski definition) is 2. The molecule has 0 unspecified atom stereocenters. The number of nitrogens with one attached hydrogen (secondary N) is 3. The van der Waals surface area contributed by atoms with Crippen molar-refractivity contribution < 1.29 is 14.0 Å². The van der Waals surface area contributed by atoms with Crippen molar-refractivity contribution in [3.63, 3.8) is 0 Å². The number of carbonyl (C=O) groups is 2. The molecule has 8 heteroatoms. The predicted octanol–water partition coefficient (Wildman–Crippen LogP) is 6.04. The van der Waals surface area contributed by atoms with Crippen LogP contribution in [0.25, 0.3) is 0 Å². The predicted molar refractivity (Wildman–Crippen MR) is 127 cm³/mol. The Morgan fingerprint density at radius 1 is 0.938 bits per heavy atom. The summed E-state index contributed by atoms with van der Waals surface area (Å²) in [5, 5.41) is 8.84. The van der Waals surface area contributed by atoms with Crippen LogP contribution in [0.15, 0.2) is 72.8 Å². The summed E-state index contributed by atoms with van der Waals surface area (Å²) in [6.07, 6.45) is 0.488. The Labute approximate surface area is 191 Å². The molecule has 0 fully saturated rings. The van der Waals surface area contributed by atoms with Gasteiger partial charge >= 0.3 is 12.1 Å². The monoisotopic (exact) mass is 454 g/mol. The molecule has 0 atom stereocenters. The second-order valence-corrected chi connectivity index (χ2v) is 7.61. The Kier molecular flexibility index (Phi) is 8.05. The average Bonchev–Trinajstić information content (AvgIpc) is 2.74. The fourth-order valence-corrected chi connectivity index (χ4v) is 3.25. The van der Waals surface area contributed by atoms with Crippen molar-refractivity contribution in [3.8, 4) is 0 Å². The number of rotatable bonds is 7. The van der Waals surface area contributed by atoms with Gasteiger partial charge in [-0.3, -0.25) is 4.90 Å². The van der Waals surface area contributed by atoms with Crippen LogP contribution < -0.4 is 20.9 Å². The lowest BCUT2D eigenvalue weighted by Crippen LogP contribution is -2.38. The summed E-state index contributed by atoms with van der Waals surface area (Å²) in [5.41, 5.74) is 2.83. The molecule has 3 aromatic rings. The molecule has 0 saturated carbocycles. The Morgan fingerprint density at radius 3 is 2.31 bits per heavy atom. The van der Waals surface area contributed by atoms with Crippen LogP contribution in [0.2, 0.25) is 5.02 Å². The lowest BCUT2D eigenvalue weighted by atomic mass is 10.2. The first kappa shape index (κ1) is 23.1. The molecule has 3 N–H and O–H groups in total. The summed E-state index contributed by atoms with van der Waals surface area (Å²) in [6.45, 7) is 2.59. The molecular weight excluding hydrogens is 431 g/mol. The Morgan fingerprint density at radius 2 is 1.62 bits per heavy atom. The highest BCUT2D eigenvalue weighted by Gasteiger charge is 2.16. The van der Waals surface area contributed by atoms with Crippen molar-refractivity contribution in [2.45, 2.75) is 13.3 Å². The van der Waals surface area contributed by atoms with Gasteiger partial charge in [-0.1, -0.05) is 29.8 Å². The van der Waals surface area contributed by atoms with Gasteiger partial charge in [-0.05, 0) is 73.5 Å². The summed E-state index contributed by atoms with van der Waals surface area (Å²) in [4.78, 5) is 26.5. The highest BCUT2D eigenvalue weighted by Crippen LogP contribution is 2.18. The average molecular weight is 455 g/mol. The van der Waals surface area contributed by atoms with E-state index in [-0.39, 0.29) is 17.9 Å². The summed E-state index contributed by atoms with van der Waals surface area (Å²) < 4.78 is 13.4. The van der Waals surface area contributed by atoms with E-state index in [0.717, 1.165) is 5.56 Å². The number of amides is 4. The van der Waals surface area contributed by atoms with Gasteiger partial charge in [-0.25, -0.2) is 14.0 Å². The highest BCUT2D eigenvalue weighted by atomic mass is 35.5. The molecule has 0 aliphatic heterocycles. The molecule has 0 aromatic heterocycles. The minimum atomic E-state index is -0.382. The third-order valence-corrected chi connectivity index (χ3v) is 4.81. The maximum absolute atomic E-state index is 13.4. The maximum atomic E-state index is 13.4. The van der Waals surface area contributed by atoms with E-state index in [1.54, 1.807) is 42.5 Å². The second kappa shape index (κ2) is 11.2. The van der Waals surface area contributed by atoms with E-state index in [9.17, 15) is 14.0 Å². The highest BCUT2D eigenvalue weighted by molar-refractivity contribution is 6.30. The number of halogens is 2. The minimum absolute atomic E-state index is 0.320. The van der Waals surface area contributed by atoms with Crippen LogP contribution in [0.4, 0.5) is 31.0 Å². The van der Waals surface area contributed by atoms with Crippen LogP contribution in [-0.2, 0) is 0 Å². The number of aryl methyl sites for hydroxylation is 1. The minimum Gasteiger partial charge on any atom is -0.338 e. The molecule has 32 heavy (non-hydrogen) atoms. The largest absolute Gasteiger partial charge is 0.338 e. The first-order valence-corrected chi connectivity index (χ1v) is 10.5. The molecular formula is C24H24ClFN4O2. The maximum Gasteiger partial charge on any atom is 0.326 e. The molecule has 3 aromatic carbocycles. The van der Waals surface area contributed by atoms with Gasteiger partial charge in [0.25, 0.3) is 0 Å². The Hall–Kier alpha value is -3.58. The van der Waals surface area contributed by atoms with E-state index in [1.807, 2.05) is 25.1 Å². The van der Waals surface area contributed by atoms with Crippen molar-refractivity contribution in [1.29, 1.82) is 0 Å². The van der Waals surface area contributed by atoms with Crippen LogP contribution >= 0.6 is 11.6 Å². The van der Waals surface area contributed by atoms with Crippen LogP contribution in [0.5, 0.6) is 0 Å². The quantitative estimate of drug-likeness (QED) is 0.381. The van der Waals surface area contributed by atoms with Crippen LogP contribution in [0.1, 0.15) is 12.0 Å². The van der Waals surface area contributed by atoms with Crippen molar-refractivity contribution in [2.75, 3.05) is 28.6 Å². The van der Waals surface area contributed by atoms with Crippen LogP contribution in [0.3, 0.4) is 0 Å². The van der Waals surface area contributed by atoms with Crippen molar-refractivity contribution in [2.24, 2.45) is 0 Å². The third-order valence-electron chi connectivity index (χ3n) is 4.58. The van der Waals surface area contributed by atoms with E-state index in [1.165, 1.54) is 17.0 Å². The Bertz CT molecular complexity index is 1080. The van der Waals surface area contributed by atoms with Crippen LogP contribution in [-0.4, -0.2) is 25.2 Å². The molecule has 0 bridgehead atoms. The number of nitrogens with zero attached hydrogens (tertiary/aromatic N) is 1. The molecule has 0 heterocycles. The number of anilines is 3. The fraction of sp³-hybridized carbons (Fsp3) is 0.167. The number of hydrogen-bond donors (Lipinski definition) is 3. The van der Waals surface area contributed by atoms with Gasteiger partial charge in [0, 0.05) is 35.2 Å². The van der Waals surface area contributed by atoms with Gasteiger partial charge in [-0.2, -0.15) is 0 Å². The van der Waals surface area contributed by atoms with Crippen LogP contribution in [0, 0.1) is 12.7 Å². The molecule has 0 aliphatic carbocycles. The molecule has 0 aliphatic rings. The van der Waals surface area contributed by atoms with E-state index < -0.39 is 0 Å².